The van der Waals surface area contributed by atoms with Gasteiger partial charge in [0.1, 0.15) is 0 Å². The van der Waals surface area contributed by atoms with Crippen LogP contribution in [-0.2, 0) is 0 Å². The molecular weight excluding hydrogens is 174 g/mol. The predicted octanol–water partition coefficient (Wildman–Crippen LogP) is 1.70. The Labute approximate surface area is 88.4 Å². The zero-order chi connectivity index (χ0) is 10.8. The van der Waals surface area contributed by atoms with Crippen molar-refractivity contribution in [2.75, 3.05) is 0 Å². The highest BCUT2D eigenvalue weighted by molar-refractivity contribution is 4.62. The summed E-state index contributed by atoms with van der Waals surface area (Å²) in [6.45, 7) is 2.22. The summed E-state index contributed by atoms with van der Waals surface area (Å²) in [7, 11) is 0. The molecule has 0 heterocycles. The number of hydrogen-bond acceptors (Lipinski definition) is 3. The SMILES string of the molecule is CCCCCC(N)CCCCC(N)N. The van der Waals surface area contributed by atoms with Gasteiger partial charge in [0.2, 0.25) is 0 Å². The van der Waals surface area contributed by atoms with Crippen molar-refractivity contribution in [3.63, 3.8) is 0 Å². The van der Waals surface area contributed by atoms with Crippen LogP contribution in [0.1, 0.15) is 58.3 Å². The lowest BCUT2D eigenvalue weighted by Crippen LogP contribution is -2.30. The highest BCUT2D eigenvalue weighted by atomic mass is 14.8. The maximum absolute atomic E-state index is 5.97. The van der Waals surface area contributed by atoms with E-state index in [0.29, 0.717) is 6.04 Å². The molecule has 0 aromatic heterocycles. The summed E-state index contributed by atoms with van der Waals surface area (Å²) in [6.07, 6.45) is 9.19. The van der Waals surface area contributed by atoms with Gasteiger partial charge in [-0.1, -0.05) is 39.0 Å². The first-order valence-electron chi connectivity index (χ1n) is 5.93. The van der Waals surface area contributed by atoms with E-state index in [9.17, 15) is 0 Å². The van der Waals surface area contributed by atoms with E-state index in [-0.39, 0.29) is 6.17 Å². The van der Waals surface area contributed by atoms with Crippen molar-refractivity contribution in [2.24, 2.45) is 17.2 Å². The molecule has 3 nitrogen and oxygen atoms in total. The van der Waals surface area contributed by atoms with E-state index < -0.39 is 0 Å². The van der Waals surface area contributed by atoms with E-state index in [0.717, 1.165) is 25.7 Å². The quantitative estimate of drug-likeness (QED) is 0.392. The third-order valence-corrected chi connectivity index (χ3v) is 2.54. The summed E-state index contributed by atoms with van der Waals surface area (Å²) < 4.78 is 0. The Balaban J connectivity index is 3.14. The molecule has 0 aliphatic heterocycles. The van der Waals surface area contributed by atoms with Crippen LogP contribution in [-0.4, -0.2) is 12.2 Å². The molecule has 0 saturated heterocycles. The number of rotatable bonds is 9. The first-order chi connectivity index (χ1) is 6.66. The first-order valence-corrected chi connectivity index (χ1v) is 5.93. The minimum Gasteiger partial charge on any atom is -0.328 e. The van der Waals surface area contributed by atoms with E-state index in [1.807, 2.05) is 0 Å². The lowest BCUT2D eigenvalue weighted by molar-refractivity contribution is 0.485. The van der Waals surface area contributed by atoms with Gasteiger partial charge in [-0.3, -0.25) is 0 Å². The fraction of sp³-hybridized carbons (Fsp3) is 1.00. The van der Waals surface area contributed by atoms with Crippen molar-refractivity contribution in [1.29, 1.82) is 0 Å². The van der Waals surface area contributed by atoms with Gasteiger partial charge in [0, 0.05) is 6.04 Å². The maximum Gasteiger partial charge on any atom is 0.0520 e. The lowest BCUT2D eigenvalue weighted by Gasteiger charge is -2.11. The van der Waals surface area contributed by atoms with Crippen molar-refractivity contribution in [1.82, 2.24) is 0 Å². The van der Waals surface area contributed by atoms with Crippen molar-refractivity contribution >= 4 is 0 Å². The van der Waals surface area contributed by atoms with Gasteiger partial charge in [0.15, 0.2) is 0 Å². The van der Waals surface area contributed by atoms with Crippen LogP contribution >= 0.6 is 0 Å². The molecular formula is C11H27N3. The zero-order valence-electron chi connectivity index (χ0n) is 9.54. The van der Waals surface area contributed by atoms with Crippen molar-refractivity contribution < 1.29 is 0 Å². The smallest absolute Gasteiger partial charge is 0.0520 e. The van der Waals surface area contributed by atoms with Gasteiger partial charge in [-0.15, -0.1) is 0 Å². The van der Waals surface area contributed by atoms with Crippen LogP contribution in [0.4, 0.5) is 0 Å². The molecule has 86 valence electrons. The molecule has 0 aromatic rings. The van der Waals surface area contributed by atoms with Crippen molar-refractivity contribution in [3.8, 4) is 0 Å². The van der Waals surface area contributed by atoms with E-state index in [1.165, 1.54) is 25.7 Å². The Morgan fingerprint density at radius 2 is 1.29 bits per heavy atom. The van der Waals surface area contributed by atoms with Crippen LogP contribution in [0, 0.1) is 0 Å². The third kappa shape index (κ3) is 9.96. The average molecular weight is 201 g/mol. The van der Waals surface area contributed by atoms with Crippen molar-refractivity contribution in [2.45, 2.75) is 70.5 Å². The van der Waals surface area contributed by atoms with Crippen LogP contribution in [0.3, 0.4) is 0 Å². The molecule has 0 spiro atoms. The highest BCUT2D eigenvalue weighted by Crippen LogP contribution is 2.08. The van der Waals surface area contributed by atoms with Gasteiger partial charge < -0.3 is 17.2 Å². The topological polar surface area (TPSA) is 78.1 Å². The minimum atomic E-state index is -0.147. The second kappa shape index (κ2) is 9.44. The summed E-state index contributed by atoms with van der Waals surface area (Å²) in [5, 5.41) is 0. The van der Waals surface area contributed by atoms with Gasteiger partial charge in [0.05, 0.1) is 6.17 Å². The van der Waals surface area contributed by atoms with Gasteiger partial charge in [-0.2, -0.15) is 0 Å². The summed E-state index contributed by atoms with van der Waals surface area (Å²) in [5.41, 5.74) is 16.9. The van der Waals surface area contributed by atoms with E-state index in [2.05, 4.69) is 6.92 Å². The number of unbranched alkanes of at least 4 members (excludes halogenated alkanes) is 3. The molecule has 0 aromatic carbocycles. The number of hydrogen-bond donors (Lipinski definition) is 3. The lowest BCUT2D eigenvalue weighted by atomic mass is 10.0. The van der Waals surface area contributed by atoms with Crippen LogP contribution in [0.25, 0.3) is 0 Å². The van der Waals surface area contributed by atoms with Gasteiger partial charge in [0.25, 0.3) is 0 Å². The molecule has 0 aliphatic rings. The zero-order valence-corrected chi connectivity index (χ0v) is 9.54. The minimum absolute atomic E-state index is 0.147. The first kappa shape index (κ1) is 13.9. The van der Waals surface area contributed by atoms with Gasteiger partial charge in [-0.05, 0) is 19.3 Å². The normalized spacial score (nSPS) is 13.5. The van der Waals surface area contributed by atoms with E-state index in [1.54, 1.807) is 0 Å². The predicted molar refractivity (Wildman–Crippen MR) is 62.7 cm³/mol. The second-order valence-corrected chi connectivity index (χ2v) is 4.20. The average Bonchev–Trinajstić information content (AvgIpc) is 2.13. The van der Waals surface area contributed by atoms with Gasteiger partial charge >= 0.3 is 0 Å². The van der Waals surface area contributed by atoms with Gasteiger partial charge in [-0.25, -0.2) is 0 Å². The fourth-order valence-electron chi connectivity index (χ4n) is 1.59. The standard InChI is InChI=1S/C11H27N3/c1-2-3-4-7-10(12)8-5-6-9-11(13)14/h10-11H,2-9,12-14H2,1H3. The molecule has 0 aliphatic carbocycles. The second-order valence-electron chi connectivity index (χ2n) is 4.20. The van der Waals surface area contributed by atoms with Crippen LogP contribution in [0.2, 0.25) is 0 Å². The van der Waals surface area contributed by atoms with Crippen LogP contribution in [0.5, 0.6) is 0 Å². The Hall–Kier alpha value is -0.120. The molecule has 0 saturated carbocycles. The molecule has 0 rings (SSSR count). The van der Waals surface area contributed by atoms with Crippen molar-refractivity contribution in [3.05, 3.63) is 0 Å². The Morgan fingerprint density at radius 3 is 1.79 bits per heavy atom. The van der Waals surface area contributed by atoms with E-state index in [4.69, 9.17) is 17.2 Å². The molecule has 0 fully saturated rings. The molecule has 14 heavy (non-hydrogen) atoms. The summed E-state index contributed by atoms with van der Waals surface area (Å²) in [4.78, 5) is 0. The summed E-state index contributed by atoms with van der Waals surface area (Å²) in [5.74, 6) is 0. The molecule has 0 amide bonds. The maximum atomic E-state index is 5.97. The molecule has 6 N–H and O–H groups in total. The fourth-order valence-corrected chi connectivity index (χ4v) is 1.59. The highest BCUT2D eigenvalue weighted by Gasteiger charge is 2.02. The van der Waals surface area contributed by atoms with Crippen LogP contribution in [0.15, 0.2) is 0 Å². The Bertz CT molecular complexity index is 115. The third-order valence-electron chi connectivity index (χ3n) is 2.54. The molecule has 3 heteroatoms. The molecule has 1 unspecified atom stereocenters. The molecule has 1 atom stereocenters. The number of nitrogens with two attached hydrogens (primary N) is 3. The summed E-state index contributed by atoms with van der Waals surface area (Å²) in [6, 6.07) is 0.385. The Morgan fingerprint density at radius 1 is 0.786 bits per heavy atom. The largest absolute Gasteiger partial charge is 0.328 e. The summed E-state index contributed by atoms with van der Waals surface area (Å²) >= 11 is 0. The Kier molecular flexibility index (Phi) is 9.35. The van der Waals surface area contributed by atoms with E-state index >= 15 is 0 Å². The van der Waals surface area contributed by atoms with Crippen LogP contribution < -0.4 is 17.2 Å². The molecule has 0 radical (unpaired) electrons. The molecule has 0 bridgehead atoms. The monoisotopic (exact) mass is 201 g/mol.